The van der Waals surface area contributed by atoms with Crippen molar-refractivity contribution in [2.45, 2.75) is 95.8 Å². The molecular weight excluding hydrogens is 248 g/mol. The summed E-state index contributed by atoms with van der Waals surface area (Å²) in [6.07, 6.45) is 10.2. The maximum Gasteiger partial charge on any atom is 0.0613 e. The molecule has 3 nitrogen and oxygen atoms in total. The van der Waals surface area contributed by atoms with Gasteiger partial charge in [0.1, 0.15) is 0 Å². The number of piperidine rings is 1. The Morgan fingerprint density at radius 1 is 1.25 bits per heavy atom. The zero-order valence-electron chi connectivity index (χ0n) is 13.7. The summed E-state index contributed by atoms with van der Waals surface area (Å²) < 4.78 is 0. The molecule has 0 radical (unpaired) electrons. The summed E-state index contributed by atoms with van der Waals surface area (Å²) in [5.74, 6) is 0. The summed E-state index contributed by atoms with van der Waals surface area (Å²) in [5, 5.41) is 13.6. The van der Waals surface area contributed by atoms with E-state index in [-0.39, 0.29) is 12.1 Å². The van der Waals surface area contributed by atoms with Gasteiger partial charge in [0.05, 0.1) is 6.61 Å². The van der Waals surface area contributed by atoms with Gasteiger partial charge in [0.15, 0.2) is 0 Å². The Balaban J connectivity index is 2.04. The van der Waals surface area contributed by atoms with E-state index in [4.69, 9.17) is 0 Å². The highest BCUT2D eigenvalue weighted by atomic mass is 16.3. The molecule has 2 fully saturated rings. The van der Waals surface area contributed by atoms with Crippen LogP contribution in [-0.4, -0.2) is 46.8 Å². The summed E-state index contributed by atoms with van der Waals surface area (Å²) >= 11 is 0. The van der Waals surface area contributed by atoms with Crippen molar-refractivity contribution in [1.82, 2.24) is 10.2 Å². The molecule has 3 heteroatoms. The van der Waals surface area contributed by atoms with Crippen LogP contribution >= 0.6 is 0 Å². The molecule has 3 unspecified atom stereocenters. The number of hydrogen-bond acceptors (Lipinski definition) is 3. The van der Waals surface area contributed by atoms with Crippen LogP contribution in [0.2, 0.25) is 0 Å². The van der Waals surface area contributed by atoms with Crippen LogP contribution in [0.1, 0.15) is 72.1 Å². The molecule has 1 saturated carbocycles. The molecule has 0 aromatic heterocycles. The second-order valence-electron chi connectivity index (χ2n) is 7.28. The van der Waals surface area contributed by atoms with Crippen molar-refractivity contribution < 1.29 is 5.11 Å². The van der Waals surface area contributed by atoms with Gasteiger partial charge in [-0.15, -0.1) is 0 Å². The van der Waals surface area contributed by atoms with Crippen LogP contribution in [0.3, 0.4) is 0 Å². The fourth-order valence-corrected chi connectivity index (χ4v) is 4.49. The predicted molar refractivity (Wildman–Crippen MR) is 85.0 cm³/mol. The molecule has 3 atom stereocenters. The lowest BCUT2D eigenvalue weighted by molar-refractivity contribution is 0.0192. The van der Waals surface area contributed by atoms with Gasteiger partial charge in [0, 0.05) is 23.7 Å². The SMILES string of the molecule is CCC1CCCCN1C1CCCC(CO)(NC(C)C)C1. The minimum absolute atomic E-state index is 0.0349. The molecular formula is C17H34N2O. The average molecular weight is 282 g/mol. The zero-order valence-corrected chi connectivity index (χ0v) is 13.7. The Labute approximate surface area is 125 Å². The van der Waals surface area contributed by atoms with Gasteiger partial charge in [0.2, 0.25) is 0 Å². The van der Waals surface area contributed by atoms with Crippen LogP contribution in [0, 0.1) is 0 Å². The summed E-state index contributed by atoms with van der Waals surface area (Å²) in [6, 6.07) is 1.90. The third-order valence-corrected chi connectivity index (χ3v) is 5.33. The molecule has 2 N–H and O–H groups in total. The first-order chi connectivity index (χ1) is 9.60. The Morgan fingerprint density at radius 2 is 2.05 bits per heavy atom. The first-order valence-corrected chi connectivity index (χ1v) is 8.74. The van der Waals surface area contributed by atoms with Gasteiger partial charge in [-0.25, -0.2) is 0 Å². The molecule has 118 valence electrons. The third-order valence-electron chi connectivity index (χ3n) is 5.33. The van der Waals surface area contributed by atoms with Gasteiger partial charge in [-0.2, -0.15) is 0 Å². The monoisotopic (exact) mass is 282 g/mol. The van der Waals surface area contributed by atoms with Crippen molar-refractivity contribution in [2.75, 3.05) is 13.2 Å². The Bertz CT molecular complexity index is 295. The second-order valence-corrected chi connectivity index (χ2v) is 7.28. The molecule has 20 heavy (non-hydrogen) atoms. The van der Waals surface area contributed by atoms with Crippen molar-refractivity contribution in [3.63, 3.8) is 0 Å². The number of hydrogen-bond donors (Lipinski definition) is 2. The zero-order chi connectivity index (χ0) is 14.6. The van der Waals surface area contributed by atoms with Crippen LogP contribution in [0.15, 0.2) is 0 Å². The third kappa shape index (κ3) is 3.75. The molecule has 1 aliphatic heterocycles. The highest BCUT2D eigenvalue weighted by molar-refractivity contribution is 4.98. The normalized spacial score (nSPS) is 36.5. The fourth-order valence-electron chi connectivity index (χ4n) is 4.49. The molecule has 1 saturated heterocycles. The number of rotatable bonds is 5. The maximum absolute atomic E-state index is 9.95. The predicted octanol–water partition coefficient (Wildman–Crippen LogP) is 2.92. The van der Waals surface area contributed by atoms with E-state index in [1.54, 1.807) is 0 Å². The van der Waals surface area contributed by atoms with Gasteiger partial charge in [0.25, 0.3) is 0 Å². The quantitative estimate of drug-likeness (QED) is 0.814. The van der Waals surface area contributed by atoms with E-state index < -0.39 is 0 Å². The average Bonchev–Trinajstić information content (AvgIpc) is 2.46. The Kier molecular flexibility index (Phi) is 5.88. The van der Waals surface area contributed by atoms with Crippen LogP contribution in [0.25, 0.3) is 0 Å². The van der Waals surface area contributed by atoms with Gasteiger partial charge >= 0.3 is 0 Å². The lowest BCUT2D eigenvalue weighted by Gasteiger charge is -2.49. The van der Waals surface area contributed by atoms with Gasteiger partial charge in [-0.05, 0) is 51.5 Å². The number of aliphatic hydroxyl groups excluding tert-OH is 1. The standard InChI is InChI=1S/C17H34N2O/c1-4-15-8-5-6-11-19(15)16-9-7-10-17(12-16,13-20)18-14(2)3/h14-16,18,20H,4-13H2,1-3H3. The maximum atomic E-state index is 9.95. The number of aliphatic hydroxyl groups is 1. The minimum atomic E-state index is -0.0349. The van der Waals surface area contributed by atoms with Crippen molar-refractivity contribution in [1.29, 1.82) is 0 Å². The van der Waals surface area contributed by atoms with Gasteiger partial charge in [-0.3, -0.25) is 4.90 Å². The molecule has 0 bridgehead atoms. The van der Waals surface area contributed by atoms with Crippen molar-refractivity contribution in [3.8, 4) is 0 Å². The molecule has 0 amide bonds. The molecule has 1 heterocycles. The first kappa shape index (κ1) is 16.3. The summed E-state index contributed by atoms with van der Waals surface area (Å²) in [7, 11) is 0. The lowest BCUT2D eigenvalue weighted by atomic mass is 9.77. The summed E-state index contributed by atoms with van der Waals surface area (Å²) in [4.78, 5) is 2.77. The molecule has 2 rings (SSSR count). The number of nitrogens with zero attached hydrogens (tertiary/aromatic N) is 1. The molecule has 0 aromatic carbocycles. The van der Waals surface area contributed by atoms with Crippen molar-refractivity contribution in [3.05, 3.63) is 0 Å². The fraction of sp³-hybridized carbons (Fsp3) is 1.00. The largest absolute Gasteiger partial charge is 0.394 e. The Morgan fingerprint density at radius 3 is 2.70 bits per heavy atom. The Hall–Kier alpha value is -0.120. The minimum Gasteiger partial charge on any atom is -0.394 e. The topological polar surface area (TPSA) is 35.5 Å². The molecule has 1 aliphatic carbocycles. The molecule has 2 aliphatic rings. The highest BCUT2D eigenvalue weighted by Gasteiger charge is 2.39. The first-order valence-electron chi connectivity index (χ1n) is 8.74. The number of likely N-dealkylation sites (tertiary alicyclic amines) is 1. The van der Waals surface area contributed by atoms with Crippen LogP contribution in [0.5, 0.6) is 0 Å². The van der Waals surface area contributed by atoms with E-state index >= 15 is 0 Å². The summed E-state index contributed by atoms with van der Waals surface area (Å²) in [6.45, 7) is 8.27. The van der Waals surface area contributed by atoms with E-state index in [1.807, 2.05) is 0 Å². The van der Waals surface area contributed by atoms with Gasteiger partial charge < -0.3 is 10.4 Å². The van der Waals surface area contributed by atoms with Crippen molar-refractivity contribution >= 4 is 0 Å². The summed E-state index contributed by atoms with van der Waals surface area (Å²) in [5.41, 5.74) is -0.0349. The molecule has 0 spiro atoms. The number of nitrogens with one attached hydrogen (secondary N) is 1. The van der Waals surface area contributed by atoms with E-state index in [9.17, 15) is 5.11 Å². The van der Waals surface area contributed by atoms with Crippen molar-refractivity contribution in [2.24, 2.45) is 0 Å². The lowest BCUT2D eigenvalue weighted by Crippen LogP contribution is -2.59. The van der Waals surface area contributed by atoms with E-state index in [0.717, 1.165) is 18.9 Å². The highest BCUT2D eigenvalue weighted by Crippen LogP contribution is 2.35. The van der Waals surface area contributed by atoms with E-state index in [0.29, 0.717) is 12.1 Å². The van der Waals surface area contributed by atoms with E-state index in [1.165, 1.54) is 45.1 Å². The second kappa shape index (κ2) is 7.24. The molecule has 0 aromatic rings. The van der Waals surface area contributed by atoms with E-state index in [2.05, 4.69) is 31.0 Å². The van der Waals surface area contributed by atoms with Crippen LogP contribution < -0.4 is 5.32 Å². The smallest absolute Gasteiger partial charge is 0.0613 e. The van der Waals surface area contributed by atoms with Gasteiger partial charge in [-0.1, -0.05) is 27.2 Å². The van der Waals surface area contributed by atoms with Crippen LogP contribution in [0.4, 0.5) is 0 Å². The van der Waals surface area contributed by atoms with Crippen LogP contribution in [-0.2, 0) is 0 Å².